The van der Waals surface area contributed by atoms with Gasteiger partial charge in [0.15, 0.2) is 5.82 Å². The van der Waals surface area contributed by atoms with Gasteiger partial charge < -0.3 is 10.2 Å². The van der Waals surface area contributed by atoms with E-state index in [-0.39, 0.29) is 5.54 Å². The number of benzene rings is 1. The quantitative estimate of drug-likeness (QED) is 0.887. The Morgan fingerprint density at radius 3 is 2.85 bits per heavy atom. The molecule has 0 unspecified atom stereocenters. The number of tetrazole rings is 1. The molecule has 0 fully saturated rings. The molecule has 1 aliphatic rings. The first kappa shape index (κ1) is 13.1. The van der Waals surface area contributed by atoms with Gasteiger partial charge in [-0.1, -0.05) is 18.2 Å². The maximum absolute atomic E-state index is 4.29. The van der Waals surface area contributed by atoms with Crippen LogP contribution in [0.25, 0.3) is 0 Å². The fourth-order valence-electron chi connectivity index (χ4n) is 2.62. The lowest BCUT2D eigenvalue weighted by Crippen LogP contribution is -2.46. The zero-order valence-electron chi connectivity index (χ0n) is 12.2. The predicted octanol–water partition coefficient (Wildman–Crippen LogP) is 1.10. The van der Waals surface area contributed by atoms with Crippen LogP contribution in [0.15, 0.2) is 24.3 Å². The van der Waals surface area contributed by atoms with Crippen molar-refractivity contribution >= 4 is 5.69 Å². The van der Waals surface area contributed by atoms with Crippen LogP contribution in [0.1, 0.15) is 25.2 Å². The highest BCUT2D eigenvalue weighted by molar-refractivity contribution is 5.55. The highest BCUT2D eigenvalue weighted by atomic mass is 15.6. The van der Waals surface area contributed by atoms with Gasteiger partial charge >= 0.3 is 0 Å². The van der Waals surface area contributed by atoms with Crippen LogP contribution in [0.4, 0.5) is 5.69 Å². The molecule has 1 aromatic heterocycles. The number of aromatic nitrogens is 4. The summed E-state index contributed by atoms with van der Waals surface area (Å²) in [4.78, 5) is 3.83. The number of rotatable bonds is 2. The van der Waals surface area contributed by atoms with Crippen molar-refractivity contribution in [2.24, 2.45) is 7.05 Å². The summed E-state index contributed by atoms with van der Waals surface area (Å²) in [7, 11) is 1.79. The molecule has 1 aliphatic heterocycles. The SMILES string of the molecule is Cn1nnc(CN2CC(C)(C)NCc3ccccc32)n1. The van der Waals surface area contributed by atoms with E-state index in [1.165, 1.54) is 16.0 Å². The number of hydrogen-bond donors (Lipinski definition) is 1. The van der Waals surface area contributed by atoms with Crippen molar-refractivity contribution in [1.29, 1.82) is 0 Å². The first-order valence-electron chi connectivity index (χ1n) is 6.84. The van der Waals surface area contributed by atoms with Crippen molar-refractivity contribution in [1.82, 2.24) is 25.5 Å². The molecule has 0 saturated carbocycles. The standard InChI is InChI=1S/C14H20N6/c1-14(2)10-20(9-13-16-18-19(3)17-13)12-7-5-4-6-11(12)8-15-14/h4-7,15H,8-10H2,1-3H3. The van der Waals surface area contributed by atoms with Crippen molar-refractivity contribution in [3.05, 3.63) is 35.7 Å². The van der Waals surface area contributed by atoms with E-state index >= 15 is 0 Å². The van der Waals surface area contributed by atoms with Crippen molar-refractivity contribution in [2.45, 2.75) is 32.5 Å². The zero-order chi connectivity index (χ0) is 14.2. The molecule has 3 rings (SSSR count). The van der Waals surface area contributed by atoms with Crippen LogP contribution in [-0.4, -0.2) is 32.3 Å². The van der Waals surface area contributed by atoms with Gasteiger partial charge in [-0.3, -0.25) is 0 Å². The average molecular weight is 272 g/mol. The lowest BCUT2D eigenvalue weighted by Gasteiger charge is -2.31. The number of hydrogen-bond acceptors (Lipinski definition) is 5. The van der Waals surface area contributed by atoms with Crippen LogP contribution >= 0.6 is 0 Å². The summed E-state index contributed by atoms with van der Waals surface area (Å²) in [6.45, 7) is 6.90. The summed E-state index contributed by atoms with van der Waals surface area (Å²) in [5.41, 5.74) is 2.60. The minimum Gasteiger partial charge on any atom is -0.362 e. The van der Waals surface area contributed by atoms with Crippen LogP contribution in [-0.2, 0) is 20.1 Å². The zero-order valence-corrected chi connectivity index (χ0v) is 12.2. The average Bonchev–Trinajstić information content (AvgIpc) is 2.75. The largest absolute Gasteiger partial charge is 0.362 e. The van der Waals surface area contributed by atoms with Gasteiger partial charge in [0.2, 0.25) is 0 Å². The van der Waals surface area contributed by atoms with Crippen LogP contribution < -0.4 is 10.2 Å². The van der Waals surface area contributed by atoms with E-state index in [0.29, 0.717) is 6.54 Å². The molecule has 1 N–H and O–H groups in total. The van der Waals surface area contributed by atoms with Gasteiger partial charge in [0.25, 0.3) is 0 Å². The number of fused-ring (bicyclic) bond motifs is 1. The van der Waals surface area contributed by atoms with E-state index in [2.05, 4.69) is 63.7 Å². The number of para-hydroxylation sites is 1. The maximum atomic E-state index is 4.29. The van der Waals surface area contributed by atoms with Crippen molar-refractivity contribution < 1.29 is 0 Å². The van der Waals surface area contributed by atoms with Gasteiger partial charge in [-0.15, -0.1) is 10.2 Å². The topological polar surface area (TPSA) is 58.9 Å². The normalized spacial score (nSPS) is 17.6. The fourth-order valence-corrected chi connectivity index (χ4v) is 2.62. The third kappa shape index (κ3) is 2.65. The lowest BCUT2D eigenvalue weighted by atomic mass is 10.1. The summed E-state index contributed by atoms with van der Waals surface area (Å²) in [5.74, 6) is 0.750. The molecule has 0 amide bonds. The first-order chi connectivity index (χ1) is 9.53. The van der Waals surface area contributed by atoms with E-state index in [0.717, 1.165) is 18.9 Å². The first-order valence-corrected chi connectivity index (χ1v) is 6.84. The molecule has 1 aromatic carbocycles. The highest BCUT2D eigenvalue weighted by Gasteiger charge is 2.27. The monoisotopic (exact) mass is 272 g/mol. The molecule has 0 aliphatic carbocycles. The molecule has 20 heavy (non-hydrogen) atoms. The third-order valence-corrected chi connectivity index (χ3v) is 3.56. The Kier molecular flexibility index (Phi) is 3.17. The lowest BCUT2D eigenvalue weighted by molar-refractivity contribution is 0.394. The van der Waals surface area contributed by atoms with Gasteiger partial charge in [0.05, 0.1) is 13.6 Å². The molecule has 0 atom stereocenters. The Morgan fingerprint density at radius 1 is 1.30 bits per heavy atom. The minimum atomic E-state index is 0.0429. The number of nitrogens with one attached hydrogen (secondary N) is 1. The van der Waals surface area contributed by atoms with Gasteiger partial charge in [-0.2, -0.15) is 4.80 Å². The molecule has 0 radical (unpaired) electrons. The van der Waals surface area contributed by atoms with E-state index < -0.39 is 0 Å². The summed E-state index contributed by atoms with van der Waals surface area (Å²) in [6, 6.07) is 8.49. The number of anilines is 1. The van der Waals surface area contributed by atoms with Gasteiger partial charge in [0, 0.05) is 24.3 Å². The predicted molar refractivity (Wildman–Crippen MR) is 77.2 cm³/mol. The molecule has 0 spiro atoms. The summed E-state index contributed by atoms with van der Waals surface area (Å²) in [6.07, 6.45) is 0. The highest BCUT2D eigenvalue weighted by Crippen LogP contribution is 2.27. The molecule has 2 aromatic rings. The van der Waals surface area contributed by atoms with E-state index in [1.807, 2.05) is 0 Å². The molecule has 6 nitrogen and oxygen atoms in total. The van der Waals surface area contributed by atoms with Gasteiger partial charge in [-0.05, 0) is 30.7 Å². The van der Waals surface area contributed by atoms with Crippen molar-refractivity contribution in [3.63, 3.8) is 0 Å². The van der Waals surface area contributed by atoms with Gasteiger partial charge in [0.1, 0.15) is 0 Å². The molecular weight excluding hydrogens is 252 g/mol. The summed E-state index contributed by atoms with van der Waals surface area (Å²) < 4.78 is 0. The minimum absolute atomic E-state index is 0.0429. The Balaban J connectivity index is 1.93. The second-order valence-electron chi connectivity index (χ2n) is 5.92. The summed E-state index contributed by atoms with van der Waals surface area (Å²) >= 11 is 0. The Morgan fingerprint density at radius 2 is 2.10 bits per heavy atom. The van der Waals surface area contributed by atoms with Gasteiger partial charge in [-0.25, -0.2) is 0 Å². The Bertz CT molecular complexity index is 603. The molecule has 2 heterocycles. The third-order valence-electron chi connectivity index (χ3n) is 3.56. The summed E-state index contributed by atoms with van der Waals surface area (Å²) in [5, 5.41) is 15.9. The van der Waals surface area contributed by atoms with Crippen molar-refractivity contribution in [2.75, 3.05) is 11.4 Å². The molecule has 0 saturated heterocycles. The molecular formula is C14H20N6. The molecule has 0 bridgehead atoms. The smallest absolute Gasteiger partial charge is 0.193 e. The van der Waals surface area contributed by atoms with Crippen LogP contribution in [0.2, 0.25) is 0 Å². The second kappa shape index (κ2) is 4.86. The van der Waals surface area contributed by atoms with E-state index in [1.54, 1.807) is 7.05 Å². The maximum Gasteiger partial charge on any atom is 0.193 e. The van der Waals surface area contributed by atoms with E-state index in [4.69, 9.17) is 0 Å². The molecule has 106 valence electrons. The molecule has 6 heteroatoms. The Hall–Kier alpha value is -1.95. The van der Waals surface area contributed by atoms with Crippen LogP contribution in [0, 0.1) is 0 Å². The second-order valence-corrected chi connectivity index (χ2v) is 5.92. The van der Waals surface area contributed by atoms with Crippen molar-refractivity contribution in [3.8, 4) is 0 Å². The van der Waals surface area contributed by atoms with Crippen LogP contribution in [0.5, 0.6) is 0 Å². The van der Waals surface area contributed by atoms with Crippen LogP contribution in [0.3, 0.4) is 0 Å². The fraction of sp³-hybridized carbons (Fsp3) is 0.500. The number of aryl methyl sites for hydroxylation is 1. The number of nitrogens with zero attached hydrogens (tertiary/aromatic N) is 5. The Labute approximate surface area is 118 Å². The van der Waals surface area contributed by atoms with E-state index in [9.17, 15) is 0 Å².